The molecule has 1 saturated heterocycles. The molecule has 1 aliphatic rings. The van der Waals surface area contributed by atoms with Crippen molar-refractivity contribution in [3.63, 3.8) is 0 Å². The molecule has 1 aromatic rings. The average Bonchev–Trinajstić information content (AvgIpc) is 2.94. The van der Waals surface area contributed by atoms with E-state index in [9.17, 15) is 9.18 Å². The van der Waals surface area contributed by atoms with Crippen molar-refractivity contribution in [3.05, 3.63) is 35.6 Å². The van der Waals surface area contributed by atoms with E-state index in [4.69, 9.17) is 4.74 Å². The highest BCUT2D eigenvalue weighted by atomic mass is 19.1. The number of ether oxygens (including phenoxy) is 1. The maximum absolute atomic E-state index is 13.4. The first-order valence-corrected chi connectivity index (χ1v) is 6.99. The minimum atomic E-state index is -0.179. The summed E-state index contributed by atoms with van der Waals surface area (Å²) in [6.45, 7) is 1.94. The molecule has 1 aromatic carbocycles. The van der Waals surface area contributed by atoms with E-state index in [-0.39, 0.29) is 18.0 Å². The van der Waals surface area contributed by atoms with Crippen LogP contribution in [0.4, 0.5) is 9.18 Å². The molecule has 0 radical (unpaired) electrons. The molecule has 0 bridgehead atoms. The molecule has 1 atom stereocenters. The van der Waals surface area contributed by atoms with E-state index >= 15 is 0 Å². The molecule has 0 aromatic heterocycles. The first-order chi connectivity index (χ1) is 9.70. The van der Waals surface area contributed by atoms with Crippen LogP contribution < -0.4 is 5.32 Å². The van der Waals surface area contributed by atoms with Crippen molar-refractivity contribution in [2.45, 2.75) is 25.4 Å². The van der Waals surface area contributed by atoms with Gasteiger partial charge in [-0.2, -0.15) is 0 Å². The molecule has 1 N–H and O–H groups in total. The van der Waals surface area contributed by atoms with Crippen molar-refractivity contribution < 1.29 is 13.9 Å². The summed E-state index contributed by atoms with van der Waals surface area (Å²) in [7, 11) is 1.67. The van der Waals surface area contributed by atoms with E-state index < -0.39 is 0 Å². The number of benzene rings is 1. The predicted octanol–water partition coefficient (Wildman–Crippen LogP) is 2.19. The molecule has 5 heteroatoms. The molecular formula is C15H21FN2O2. The summed E-state index contributed by atoms with van der Waals surface area (Å²) in [6, 6.07) is 6.69. The number of urea groups is 1. The number of nitrogens with one attached hydrogen (secondary N) is 1. The quantitative estimate of drug-likeness (QED) is 0.840. The lowest BCUT2D eigenvalue weighted by Crippen LogP contribution is -2.39. The molecule has 0 saturated carbocycles. The third-order valence-electron chi connectivity index (χ3n) is 3.62. The number of hydrogen-bond acceptors (Lipinski definition) is 2. The molecule has 0 aliphatic carbocycles. The Labute approximate surface area is 118 Å². The largest absolute Gasteiger partial charge is 0.380 e. The maximum atomic E-state index is 13.4. The van der Waals surface area contributed by atoms with Crippen LogP contribution in [0.2, 0.25) is 0 Å². The normalized spacial score (nSPS) is 18.3. The Balaban J connectivity index is 1.66. The Bertz CT molecular complexity index is 453. The second-order valence-corrected chi connectivity index (χ2v) is 5.02. The van der Waals surface area contributed by atoms with Crippen LogP contribution in [0.15, 0.2) is 24.3 Å². The van der Waals surface area contributed by atoms with Gasteiger partial charge in [-0.05, 0) is 30.9 Å². The van der Waals surface area contributed by atoms with Crippen molar-refractivity contribution in [2.75, 3.05) is 26.7 Å². The number of hydrogen-bond donors (Lipinski definition) is 1. The van der Waals surface area contributed by atoms with E-state index in [1.54, 1.807) is 24.1 Å². The van der Waals surface area contributed by atoms with Crippen LogP contribution >= 0.6 is 0 Å². The SMILES string of the molecule is CO[C@H]1CCN(C(=O)NCCCc2ccccc2F)C1. The fourth-order valence-corrected chi connectivity index (χ4v) is 2.39. The summed E-state index contributed by atoms with van der Waals surface area (Å²) in [6.07, 6.45) is 2.40. The first-order valence-electron chi connectivity index (χ1n) is 6.99. The van der Waals surface area contributed by atoms with Gasteiger partial charge in [0.1, 0.15) is 5.82 Å². The number of nitrogens with zero attached hydrogens (tertiary/aromatic N) is 1. The average molecular weight is 280 g/mol. The van der Waals surface area contributed by atoms with Crippen LogP contribution in [-0.2, 0) is 11.2 Å². The van der Waals surface area contributed by atoms with Crippen LogP contribution in [0.5, 0.6) is 0 Å². The maximum Gasteiger partial charge on any atom is 0.317 e. The molecule has 1 fully saturated rings. The van der Waals surface area contributed by atoms with Gasteiger partial charge in [-0.3, -0.25) is 0 Å². The summed E-state index contributed by atoms with van der Waals surface area (Å²) in [5.74, 6) is -0.179. The summed E-state index contributed by atoms with van der Waals surface area (Å²) < 4.78 is 18.6. The highest BCUT2D eigenvalue weighted by Crippen LogP contribution is 2.12. The van der Waals surface area contributed by atoms with Gasteiger partial charge in [0.25, 0.3) is 0 Å². The number of carbonyl (C=O) groups is 1. The topological polar surface area (TPSA) is 41.6 Å². The fourth-order valence-electron chi connectivity index (χ4n) is 2.39. The molecule has 2 amide bonds. The molecule has 4 nitrogen and oxygen atoms in total. The van der Waals surface area contributed by atoms with Crippen LogP contribution in [-0.4, -0.2) is 43.8 Å². The fraction of sp³-hybridized carbons (Fsp3) is 0.533. The Morgan fingerprint density at radius 1 is 1.50 bits per heavy atom. The van der Waals surface area contributed by atoms with Crippen LogP contribution in [0.1, 0.15) is 18.4 Å². The van der Waals surface area contributed by atoms with Gasteiger partial charge in [-0.1, -0.05) is 18.2 Å². The van der Waals surface area contributed by atoms with Gasteiger partial charge in [-0.15, -0.1) is 0 Å². The van der Waals surface area contributed by atoms with Crippen LogP contribution in [0, 0.1) is 5.82 Å². The predicted molar refractivity (Wildman–Crippen MR) is 75.1 cm³/mol. The van der Waals surface area contributed by atoms with Crippen LogP contribution in [0.3, 0.4) is 0 Å². The third kappa shape index (κ3) is 3.93. The Kier molecular flexibility index (Phi) is 5.35. The standard InChI is InChI=1S/C15H21FN2O2/c1-20-13-8-10-18(11-13)15(19)17-9-4-6-12-5-2-3-7-14(12)16/h2-3,5,7,13H,4,6,8-11H2,1H3,(H,17,19)/t13-/m0/s1. The minimum Gasteiger partial charge on any atom is -0.380 e. The van der Waals surface area contributed by atoms with E-state index in [1.165, 1.54) is 6.07 Å². The van der Waals surface area contributed by atoms with Gasteiger partial charge in [0.15, 0.2) is 0 Å². The molecule has 1 heterocycles. The van der Waals surface area contributed by atoms with Crippen molar-refractivity contribution >= 4 is 6.03 Å². The molecular weight excluding hydrogens is 259 g/mol. The van der Waals surface area contributed by atoms with Crippen molar-refractivity contribution in [1.82, 2.24) is 10.2 Å². The smallest absolute Gasteiger partial charge is 0.317 e. The minimum absolute atomic E-state index is 0.0573. The van der Waals surface area contributed by atoms with E-state index in [2.05, 4.69) is 5.32 Å². The number of likely N-dealkylation sites (tertiary alicyclic amines) is 1. The lowest BCUT2D eigenvalue weighted by atomic mass is 10.1. The highest BCUT2D eigenvalue weighted by molar-refractivity contribution is 5.74. The summed E-state index contributed by atoms with van der Waals surface area (Å²) in [4.78, 5) is 13.6. The molecule has 110 valence electrons. The summed E-state index contributed by atoms with van der Waals surface area (Å²) in [5, 5.41) is 2.87. The summed E-state index contributed by atoms with van der Waals surface area (Å²) >= 11 is 0. The third-order valence-corrected chi connectivity index (χ3v) is 3.62. The molecule has 0 spiro atoms. The van der Waals surface area contributed by atoms with E-state index in [0.717, 1.165) is 19.4 Å². The highest BCUT2D eigenvalue weighted by Gasteiger charge is 2.25. The Hall–Kier alpha value is -1.62. The van der Waals surface area contributed by atoms with Crippen LogP contribution in [0.25, 0.3) is 0 Å². The zero-order valence-electron chi connectivity index (χ0n) is 11.8. The number of amides is 2. The first kappa shape index (κ1) is 14.8. The van der Waals surface area contributed by atoms with Gasteiger partial charge in [-0.25, -0.2) is 9.18 Å². The zero-order valence-corrected chi connectivity index (χ0v) is 11.8. The lowest BCUT2D eigenvalue weighted by Gasteiger charge is -2.17. The Morgan fingerprint density at radius 3 is 3.00 bits per heavy atom. The number of aryl methyl sites for hydroxylation is 1. The molecule has 0 unspecified atom stereocenters. The second-order valence-electron chi connectivity index (χ2n) is 5.02. The second kappa shape index (κ2) is 7.24. The van der Waals surface area contributed by atoms with Gasteiger partial charge in [0.05, 0.1) is 6.10 Å². The lowest BCUT2D eigenvalue weighted by molar-refractivity contribution is 0.110. The monoisotopic (exact) mass is 280 g/mol. The number of rotatable bonds is 5. The molecule has 1 aliphatic heterocycles. The number of methoxy groups -OCH3 is 1. The molecule has 2 rings (SSSR count). The van der Waals surface area contributed by atoms with E-state index in [0.29, 0.717) is 25.1 Å². The van der Waals surface area contributed by atoms with Crippen molar-refractivity contribution in [2.24, 2.45) is 0 Å². The molecule has 20 heavy (non-hydrogen) atoms. The van der Waals surface area contributed by atoms with Gasteiger partial charge in [0, 0.05) is 26.7 Å². The summed E-state index contributed by atoms with van der Waals surface area (Å²) in [5.41, 5.74) is 0.697. The van der Waals surface area contributed by atoms with Crippen molar-refractivity contribution in [1.29, 1.82) is 0 Å². The van der Waals surface area contributed by atoms with Gasteiger partial charge in [0.2, 0.25) is 0 Å². The Morgan fingerprint density at radius 2 is 2.30 bits per heavy atom. The van der Waals surface area contributed by atoms with Crippen molar-refractivity contribution in [3.8, 4) is 0 Å². The van der Waals surface area contributed by atoms with Gasteiger partial charge >= 0.3 is 6.03 Å². The van der Waals surface area contributed by atoms with E-state index in [1.807, 2.05) is 6.07 Å². The zero-order chi connectivity index (χ0) is 14.4. The number of halogens is 1. The van der Waals surface area contributed by atoms with Gasteiger partial charge < -0.3 is 15.0 Å². The number of carbonyl (C=O) groups excluding carboxylic acids is 1.